The van der Waals surface area contributed by atoms with Crippen LogP contribution in [0, 0.1) is 6.92 Å². The van der Waals surface area contributed by atoms with Gasteiger partial charge in [-0.15, -0.1) is 0 Å². The number of ether oxygens (including phenoxy) is 1. The molecule has 0 aliphatic heterocycles. The molecule has 0 spiro atoms. The van der Waals surface area contributed by atoms with Crippen molar-refractivity contribution >= 4 is 56.2 Å². The number of aromatic nitrogens is 2. The van der Waals surface area contributed by atoms with Crippen LogP contribution in [0.25, 0.3) is 10.9 Å². The minimum Gasteiger partial charge on any atom is -0.482 e. The van der Waals surface area contributed by atoms with Gasteiger partial charge >= 0.3 is 0 Å². The zero-order valence-electron chi connectivity index (χ0n) is 20.5. The summed E-state index contributed by atoms with van der Waals surface area (Å²) in [5.41, 5.74) is 2.88. The molecule has 0 aliphatic carbocycles. The molecule has 7 nitrogen and oxygen atoms in total. The Morgan fingerprint density at radius 2 is 1.95 bits per heavy atom. The molecule has 0 fully saturated rings. The maximum atomic E-state index is 13.2. The summed E-state index contributed by atoms with van der Waals surface area (Å²) in [6.07, 6.45) is 4.05. The normalized spacial score (nSPS) is 11.2. The van der Waals surface area contributed by atoms with Gasteiger partial charge in [0.2, 0.25) is 0 Å². The molecular weight excluding hydrogens is 556 g/mol. The van der Waals surface area contributed by atoms with Crippen LogP contribution < -0.4 is 15.6 Å². The second-order valence-electron chi connectivity index (χ2n) is 8.55. The first-order chi connectivity index (χ1) is 17.8. The lowest BCUT2D eigenvalue weighted by molar-refractivity contribution is -0.118. The van der Waals surface area contributed by atoms with Crippen LogP contribution in [0.3, 0.4) is 0 Å². The summed E-state index contributed by atoms with van der Waals surface area (Å²) in [6.45, 7) is 3.88. The summed E-state index contributed by atoms with van der Waals surface area (Å²) in [4.78, 5) is 30.1. The van der Waals surface area contributed by atoms with Crippen LogP contribution in [-0.4, -0.2) is 28.4 Å². The molecule has 9 heteroatoms. The van der Waals surface area contributed by atoms with E-state index in [1.54, 1.807) is 30.5 Å². The van der Waals surface area contributed by atoms with Crippen molar-refractivity contribution in [2.45, 2.75) is 33.1 Å². The predicted molar refractivity (Wildman–Crippen MR) is 152 cm³/mol. The number of benzene rings is 3. The first-order valence-corrected chi connectivity index (χ1v) is 13.1. The Bertz CT molecular complexity index is 1520. The van der Waals surface area contributed by atoms with E-state index in [1.165, 1.54) is 4.68 Å². The minimum atomic E-state index is -0.292. The molecule has 0 saturated heterocycles. The van der Waals surface area contributed by atoms with E-state index in [0.29, 0.717) is 45.2 Å². The average molecular weight is 582 g/mol. The molecule has 1 amide bonds. The number of nitrogens with one attached hydrogen (secondary N) is 1. The molecule has 1 heterocycles. The number of anilines is 1. The lowest BCUT2D eigenvalue weighted by Gasteiger charge is -2.10. The molecule has 0 saturated carbocycles. The van der Waals surface area contributed by atoms with Crippen LogP contribution in [0.2, 0.25) is 5.02 Å². The SMILES string of the molecule is CCCCc1nc2ccc(Br)cc2c(=O)n1N=Cc1ccc(OCC(=O)Nc2ccc(C)cc2)c(Cl)c1. The second-order valence-corrected chi connectivity index (χ2v) is 9.87. The number of amides is 1. The van der Waals surface area contributed by atoms with Crippen molar-refractivity contribution in [3.8, 4) is 5.75 Å². The summed E-state index contributed by atoms with van der Waals surface area (Å²) < 4.78 is 7.74. The van der Waals surface area contributed by atoms with Gasteiger partial charge in [-0.25, -0.2) is 4.98 Å². The van der Waals surface area contributed by atoms with Gasteiger partial charge in [-0.3, -0.25) is 9.59 Å². The van der Waals surface area contributed by atoms with Gasteiger partial charge in [0.1, 0.15) is 11.6 Å². The molecule has 0 bridgehead atoms. The average Bonchev–Trinajstić information content (AvgIpc) is 2.88. The van der Waals surface area contributed by atoms with Gasteiger partial charge in [0.05, 0.1) is 22.1 Å². The van der Waals surface area contributed by atoms with Crippen molar-refractivity contribution in [1.29, 1.82) is 0 Å². The van der Waals surface area contributed by atoms with E-state index in [4.69, 9.17) is 16.3 Å². The van der Waals surface area contributed by atoms with Crippen molar-refractivity contribution in [2.75, 3.05) is 11.9 Å². The fourth-order valence-electron chi connectivity index (χ4n) is 3.63. The summed E-state index contributed by atoms with van der Waals surface area (Å²) in [5, 5.41) is 8.03. The van der Waals surface area contributed by atoms with Crippen molar-refractivity contribution in [2.24, 2.45) is 5.10 Å². The van der Waals surface area contributed by atoms with Crippen molar-refractivity contribution in [3.63, 3.8) is 0 Å². The van der Waals surface area contributed by atoms with Crippen molar-refractivity contribution in [1.82, 2.24) is 9.66 Å². The smallest absolute Gasteiger partial charge is 0.282 e. The maximum Gasteiger partial charge on any atom is 0.282 e. The third kappa shape index (κ3) is 6.84. The quantitative estimate of drug-likeness (QED) is 0.233. The number of hydrogen-bond donors (Lipinski definition) is 1. The third-order valence-electron chi connectivity index (χ3n) is 5.60. The molecular formula is C28H26BrClN4O3. The fraction of sp³-hybridized carbons (Fsp3) is 0.214. The molecule has 1 N–H and O–H groups in total. The Kier molecular flexibility index (Phi) is 8.74. The van der Waals surface area contributed by atoms with Gasteiger partial charge in [-0.2, -0.15) is 9.78 Å². The summed E-state index contributed by atoms with van der Waals surface area (Å²) >= 11 is 9.81. The van der Waals surface area contributed by atoms with Crippen molar-refractivity contribution < 1.29 is 9.53 Å². The lowest BCUT2D eigenvalue weighted by Crippen LogP contribution is -2.22. The van der Waals surface area contributed by atoms with Gasteiger partial charge < -0.3 is 10.1 Å². The van der Waals surface area contributed by atoms with E-state index in [9.17, 15) is 9.59 Å². The van der Waals surface area contributed by atoms with E-state index in [2.05, 4.69) is 38.3 Å². The highest BCUT2D eigenvalue weighted by molar-refractivity contribution is 9.10. The van der Waals surface area contributed by atoms with Crippen molar-refractivity contribution in [3.05, 3.63) is 97.5 Å². The summed E-state index contributed by atoms with van der Waals surface area (Å²) in [6, 6.07) is 18.0. The van der Waals surface area contributed by atoms with Crippen LogP contribution in [0.5, 0.6) is 5.75 Å². The highest BCUT2D eigenvalue weighted by Gasteiger charge is 2.11. The Balaban J connectivity index is 1.50. The number of hydrogen-bond acceptors (Lipinski definition) is 5. The number of carbonyl (C=O) groups excluding carboxylic acids is 1. The molecule has 4 aromatic rings. The maximum absolute atomic E-state index is 13.2. The lowest BCUT2D eigenvalue weighted by atomic mass is 10.2. The molecule has 0 atom stereocenters. The van der Waals surface area contributed by atoms with Gasteiger partial charge in [-0.1, -0.05) is 58.6 Å². The highest BCUT2D eigenvalue weighted by Crippen LogP contribution is 2.25. The Labute approximate surface area is 228 Å². The number of rotatable bonds is 9. The predicted octanol–water partition coefficient (Wildman–Crippen LogP) is 6.36. The van der Waals surface area contributed by atoms with Crippen LogP contribution in [-0.2, 0) is 11.2 Å². The van der Waals surface area contributed by atoms with Gasteiger partial charge in [0.15, 0.2) is 6.61 Å². The highest BCUT2D eigenvalue weighted by atomic mass is 79.9. The molecule has 1 aromatic heterocycles. The van der Waals surface area contributed by atoms with Crippen LogP contribution in [0.4, 0.5) is 5.69 Å². The molecule has 0 aliphatic rings. The van der Waals surface area contributed by atoms with E-state index < -0.39 is 0 Å². The number of aryl methyl sites for hydroxylation is 2. The molecule has 37 heavy (non-hydrogen) atoms. The monoisotopic (exact) mass is 580 g/mol. The van der Waals surface area contributed by atoms with E-state index in [-0.39, 0.29) is 18.1 Å². The number of fused-ring (bicyclic) bond motifs is 1. The number of halogens is 2. The van der Waals surface area contributed by atoms with Crippen LogP contribution >= 0.6 is 27.5 Å². The first-order valence-electron chi connectivity index (χ1n) is 11.9. The van der Waals surface area contributed by atoms with Gasteiger partial charge in [0, 0.05) is 16.6 Å². The fourth-order valence-corrected chi connectivity index (χ4v) is 4.23. The standard InChI is InChI=1S/C28H26BrClN4O3/c1-3-4-5-26-33-24-12-9-20(29)15-22(24)28(36)34(26)31-16-19-8-13-25(23(30)14-19)37-17-27(35)32-21-10-6-18(2)7-11-21/h6-16H,3-5,17H2,1-2H3,(H,32,35). The van der Waals surface area contributed by atoms with Gasteiger partial charge in [0.25, 0.3) is 11.5 Å². The van der Waals surface area contributed by atoms with E-state index in [0.717, 1.165) is 22.9 Å². The largest absolute Gasteiger partial charge is 0.482 e. The topological polar surface area (TPSA) is 85.6 Å². The van der Waals surface area contributed by atoms with Crippen LogP contribution in [0.1, 0.15) is 36.7 Å². The van der Waals surface area contributed by atoms with Crippen LogP contribution in [0.15, 0.2) is 75.0 Å². The Hall–Kier alpha value is -3.49. The summed E-state index contributed by atoms with van der Waals surface area (Å²) in [7, 11) is 0. The molecule has 190 valence electrons. The minimum absolute atomic E-state index is 0.185. The second kappa shape index (κ2) is 12.2. The third-order valence-corrected chi connectivity index (χ3v) is 6.39. The Morgan fingerprint density at radius 3 is 2.68 bits per heavy atom. The molecule has 4 rings (SSSR count). The zero-order chi connectivity index (χ0) is 26.4. The number of unbranched alkanes of at least 4 members (excludes halogenated alkanes) is 1. The van der Waals surface area contributed by atoms with Gasteiger partial charge in [-0.05, 0) is 67.4 Å². The number of nitrogens with zero attached hydrogens (tertiary/aromatic N) is 3. The summed E-state index contributed by atoms with van der Waals surface area (Å²) in [5.74, 6) is 0.680. The first kappa shape index (κ1) is 26.6. The molecule has 0 unspecified atom stereocenters. The number of carbonyl (C=O) groups is 1. The molecule has 3 aromatic carbocycles. The zero-order valence-corrected chi connectivity index (χ0v) is 22.8. The van der Waals surface area contributed by atoms with E-state index in [1.807, 2.05) is 43.3 Å². The molecule has 0 radical (unpaired) electrons. The Morgan fingerprint density at radius 1 is 1.16 bits per heavy atom. The van der Waals surface area contributed by atoms with E-state index >= 15 is 0 Å².